The summed E-state index contributed by atoms with van der Waals surface area (Å²) in [5.74, 6) is 1.39. The van der Waals surface area contributed by atoms with Crippen molar-refractivity contribution in [1.29, 1.82) is 0 Å². The molecule has 1 unspecified atom stereocenters. The second-order valence-corrected chi connectivity index (χ2v) is 8.02. The van der Waals surface area contributed by atoms with Gasteiger partial charge >= 0.3 is 0 Å². The van der Waals surface area contributed by atoms with Gasteiger partial charge in [0.25, 0.3) is 5.91 Å². The Morgan fingerprint density at radius 2 is 1.79 bits per heavy atom. The van der Waals surface area contributed by atoms with Gasteiger partial charge in [0.2, 0.25) is 0 Å². The molecule has 4 nitrogen and oxygen atoms in total. The van der Waals surface area contributed by atoms with E-state index in [9.17, 15) is 4.79 Å². The largest absolute Gasteiger partial charge is 0.497 e. The van der Waals surface area contributed by atoms with Crippen LogP contribution in [0.4, 0.5) is 0 Å². The summed E-state index contributed by atoms with van der Waals surface area (Å²) in [5.41, 5.74) is 4.12. The first-order valence-electron chi connectivity index (χ1n) is 10.3. The monoisotopic (exact) mass is 380 g/mol. The maximum Gasteiger partial charge on any atom is 0.251 e. The number of carbonyl (C=O) groups excluding carboxylic acids is 1. The molecule has 1 fully saturated rings. The lowest BCUT2D eigenvalue weighted by molar-refractivity contribution is 0.0927. The van der Waals surface area contributed by atoms with Gasteiger partial charge in [0, 0.05) is 18.2 Å². The molecule has 4 heteroatoms. The van der Waals surface area contributed by atoms with Crippen LogP contribution in [0.2, 0.25) is 0 Å². The average molecular weight is 381 g/mol. The lowest BCUT2D eigenvalue weighted by Crippen LogP contribution is -2.45. The van der Waals surface area contributed by atoms with Crippen molar-refractivity contribution in [3.8, 4) is 16.9 Å². The van der Waals surface area contributed by atoms with Crippen molar-refractivity contribution < 1.29 is 9.53 Å². The van der Waals surface area contributed by atoms with E-state index in [-0.39, 0.29) is 5.91 Å². The van der Waals surface area contributed by atoms with Gasteiger partial charge in [0.15, 0.2) is 0 Å². The van der Waals surface area contributed by atoms with Gasteiger partial charge in [-0.15, -0.1) is 0 Å². The SMILES string of the molecule is COc1ccc(-c2ccc(C(=O)NCC(C(C)C)N3CCCC3)cc2)c(C)c1. The van der Waals surface area contributed by atoms with E-state index < -0.39 is 0 Å². The summed E-state index contributed by atoms with van der Waals surface area (Å²) in [5, 5.41) is 3.15. The minimum absolute atomic E-state index is 0.00264. The first-order chi connectivity index (χ1) is 13.5. The highest BCUT2D eigenvalue weighted by atomic mass is 16.5. The second kappa shape index (κ2) is 9.24. The normalized spacial score (nSPS) is 15.6. The molecule has 150 valence electrons. The van der Waals surface area contributed by atoms with E-state index in [2.05, 4.69) is 37.1 Å². The summed E-state index contributed by atoms with van der Waals surface area (Å²) in [6, 6.07) is 14.3. The van der Waals surface area contributed by atoms with Crippen molar-refractivity contribution >= 4 is 5.91 Å². The van der Waals surface area contributed by atoms with Crippen LogP contribution < -0.4 is 10.1 Å². The summed E-state index contributed by atoms with van der Waals surface area (Å²) < 4.78 is 5.28. The number of carbonyl (C=O) groups is 1. The van der Waals surface area contributed by atoms with Gasteiger partial charge in [-0.05, 0) is 79.7 Å². The number of amides is 1. The predicted octanol–water partition coefficient (Wildman–Crippen LogP) is 4.52. The zero-order chi connectivity index (χ0) is 20.1. The summed E-state index contributed by atoms with van der Waals surface area (Å²) in [7, 11) is 1.68. The van der Waals surface area contributed by atoms with Crippen molar-refractivity contribution in [1.82, 2.24) is 10.2 Å². The quantitative estimate of drug-likeness (QED) is 0.768. The Labute approximate surface area is 168 Å². The number of aryl methyl sites for hydroxylation is 1. The van der Waals surface area contributed by atoms with E-state index in [4.69, 9.17) is 4.74 Å². The summed E-state index contributed by atoms with van der Waals surface area (Å²) >= 11 is 0. The third kappa shape index (κ3) is 4.74. The molecular formula is C24H32N2O2. The molecule has 1 heterocycles. The lowest BCUT2D eigenvalue weighted by atomic mass is 9.99. The Kier molecular flexibility index (Phi) is 6.74. The van der Waals surface area contributed by atoms with Crippen molar-refractivity contribution in [2.75, 3.05) is 26.7 Å². The van der Waals surface area contributed by atoms with Crippen LogP contribution >= 0.6 is 0 Å². The molecule has 3 rings (SSSR count). The maximum absolute atomic E-state index is 12.6. The fourth-order valence-electron chi connectivity index (χ4n) is 4.05. The number of methoxy groups -OCH3 is 1. The fourth-order valence-corrected chi connectivity index (χ4v) is 4.05. The molecule has 1 saturated heterocycles. The van der Waals surface area contributed by atoms with Crippen LogP contribution in [0.15, 0.2) is 42.5 Å². The highest BCUT2D eigenvalue weighted by Gasteiger charge is 2.25. The Balaban J connectivity index is 1.65. The van der Waals surface area contributed by atoms with Crippen molar-refractivity contribution in [3.05, 3.63) is 53.6 Å². The number of ether oxygens (including phenoxy) is 1. The number of hydrogen-bond donors (Lipinski definition) is 1. The molecule has 1 aliphatic heterocycles. The third-order valence-corrected chi connectivity index (χ3v) is 5.74. The zero-order valence-electron chi connectivity index (χ0n) is 17.5. The first kappa shape index (κ1) is 20.4. The van der Waals surface area contributed by atoms with E-state index >= 15 is 0 Å². The first-order valence-corrected chi connectivity index (χ1v) is 10.3. The van der Waals surface area contributed by atoms with Crippen LogP contribution in [0.25, 0.3) is 11.1 Å². The van der Waals surface area contributed by atoms with Crippen LogP contribution in [0.1, 0.15) is 42.6 Å². The Bertz CT molecular complexity index is 793. The molecule has 0 radical (unpaired) electrons. The lowest BCUT2D eigenvalue weighted by Gasteiger charge is -2.31. The van der Waals surface area contributed by atoms with Crippen molar-refractivity contribution in [2.24, 2.45) is 5.92 Å². The third-order valence-electron chi connectivity index (χ3n) is 5.74. The minimum Gasteiger partial charge on any atom is -0.497 e. The fraction of sp³-hybridized carbons (Fsp3) is 0.458. The van der Waals surface area contributed by atoms with Gasteiger partial charge in [-0.3, -0.25) is 9.69 Å². The smallest absolute Gasteiger partial charge is 0.251 e. The summed E-state index contributed by atoms with van der Waals surface area (Å²) in [4.78, 5) is 15.2. The van der Waals surface area contributed by atoms with Gasteiger partial charge in [-0.2, -0.15) is 0 Å². The van der Waals surface area contributed by atoms with E-state index in [0.717, 1.165) is 35.5 Å². The van der Waals surface area contributed by atoms with E-state index in [1.165, 1.54) is 12.8 Å². The van der Waals surface area contributed by atoms with Crippen LogP contribution in [-0.4, -0.2) is 43.6 Å². The van der Waals surface area contributed by atoms with Gasteiger partial charge in [-0.25, -0.2) is 0 Å². The molecule has 1 atom stereocenters. The number of hydrogen-bond acceptors (Lipinski definition) is 3. The standard InChI is InChI=1S/C24H32N2O2/c1-17(2)23(26-13-5-6-14-26)16-25-24(27)20-9-7-19(8-10-20)22-12-11-21(28-4)15-18(22)3/h7-12,15,17,23H,5-6,13-14,16H2,1-4H3,(H,25,27). The zero-order valence-corrected chi connectivity index (χ0v) is 17.5. The molecule has 28 heavy (non-hydrogen) atoms. The second-order valence-electron chi connectivity index (χ2n) is 8.02. The maximum atomic E-state index is 12.6. The molecule has 2 aromatic rings. The van der Waals surface area contributed by atoms with Gasteiger partial charge in [-0.1, -0.05) is 32.0 Å². The Morgan fingerprint density at radius 3 is 2.36 bits per heavy atom. The van der Waals surface area contributed by atoms with Crippen LogP contribution in [0.3, 0.4) is 0 Å². The number of likely N-dealkylation sites (tertiary alicyclic amines) is 1. The molecule has 0 aromatic heterocycles. The topological polar surface area (TPSA) is 41.6 Å². The van der Waals surface area contributed by atoms with Gasteiger partial charge < -0.3 is 10.1 Å². The van der Waals surface area contributed by atoms with E-state index in [1.807, 2.05) is 36.4 Å². The molecule has 0 spiro atoms. The number of nitrogens with one attached hydrogen (secondary N) is 1. The average Bonchev–Trinajstić information content (AvgIpc) is 3.22. The predicted molar refractivity (Wildman–Crippen MR) is 115 cm³/mol. The molecule has 2 aromatic carbocycles. The molecular weight excluding hydrogens is 348 g/mol. The summed E-state index contributed by atoms with van der Waals surface area (Å²) in [6.45, 7) is 9.55. The highest BCUT2D eigenvalue weighted by molar-refractivity contribution is 5.94. The summed E-state index contributed by atoms with van der Waals surface area (Å²) in [6.07, 6.45) is 2.53. The Morgan fingerprint density at radius 1 is 1.11 bits per heavy atom. The van der Waals surface area contributed by atoms with Crippen LogP contribution in [0.5, 0.6) is 5.75 Å². The van der Waals surface area contributed by atoms with Crippen molar-refractivity contribution in [2.45, 2.75) is 39.7 Å². The van der Waals surface area contributed by atoms with Gasteiger partial charge in [0.1, 0.15) is 5.75 Å². The van der Waals surface area contributed by atoms with Crippen LogP contribution in [-0.2, 0) is 0 Å². The minimum atomic E-state index is 0.00264. The Hall–Kier alpha value is -2.33. The van der Waals surface area contributed by atoms with Crippen LogP contribution in [0, 0.1) is 12.8 Å². The molecule has 0 bridgehead atoms. The molecule has 0 aliphatic carbocycles. The van der Waals surface area contributed by atoms with E-state index in [1.54, 1.807) is 7.11 Å². The molecule has 1 N–H and O–H groups in total. The molecule has 1 aliphatic rings. The molecule has 0 saturated carbocycles. The number of rotatable bonds is 7. The van der Waals surface area contributed by atoms with Gasteiger partial charge in [0.05, 0.1) is 7.11 Å². The van der Waals surface area contributed by atoms with E-state index in [0.29, 0.717) is 24.1 Å². The number of benzene rings is 2. The van der Waals surface area contributed by atoms with Crippen molar-refractivity contribution in [3.63, 3.8) is 0 Å². The molecule has 1 amide bonds. The highest BCUT2D eigenvalue weighted by Crippen LogP contribution is 2.27. The number of nitrogens with zero attached hydrogens (tertiary/aromatic N) is 1.